The van der Waals surface area contributed by atoms with Crippen LogP contribution < -0.4 is 5.32 Å². The van der Waals surface area contributed by atoms with Gasteiger partial charge < -0.3 is 9.73 Å². The van der Waals surface area contributed by atoms with Crippen LogP contribution in [0, 0.1) is 0 Å². The highest BCUT2D eigenvalue weighted by atomic mass is 79.9. The molecule has 1 heterocycles. The number of carbonyl (C=O) groups excluding carboxylic acids is 1. The highest BCUT2D eigenvalue weighted by Gasteiger charge is 2.11. The highest BCUT2D eigenvalue weighted by Crippen LogP contribution is 2.20. The van der Waals surface area contributed by atoms with Crippen molar-refractivity contribution in [1.29, 1.82) is 0 Å². The second kappa shape index (κ2) is 9.51. The van der Waals surface area contributed by atoms with Crippen LogP contribution in [-0.2, 0) is 17.6 Å². The minimum absolute atomic E-state index is 0.0257. The molecule has 3 aromatic rings. The number of aryl methyl sites for hydroxylation is 2. The Hall–Kier alpha value is -2.40. The van der Waals surface area contributed by atoms with E-state index in [1.54, 1.807) is 6.20 Å². The Morgan fingerprint density at radius 1 is 1.11 bits per heavy atom. The van der Waals surface area contributed by atoms with Crippen LogP contribution >= 0.6 is 15.9 Å². The smallest absolute Gasteiger partial charge is 0.220 e. The van der Waals surface area contributed by atoms with E-state index in [1.165, 1.54) is 5.56 Å². The number of benzene rings is 2. The fourth-order valence-corrected chi connectivity index (χ4v) is 3.10. The van der Waals surface area contributed by atoms with Gasteiger partial charge in [0.2, 0.25) is 5.91 Å². The third-order valence-electron chi connectivity index (χ3n) is 4.36. The number of oxazole rings is 1. The van der Waals surface area contributed by atoms with Crippen molar-refractivity contribution < 1.29 is 9.21 Å². The second-order valence-electron chi connectivity index (χ2n) is 6.62. The van der Waals surface area contributed by atoms with Gasteiger partial charge in [-0.05, 0) is 37.5 Å². The topological polar surface area (TPSA) is 55.1 Å². The first-order chi connectivity index (χ1) is 13.1. The summed E-state index contributed by atoms with van der Waals surface area (Å²) in [5.41, 5.74) is 2.26. The first-order valence-corrected chi connectivity index (χ1v) is 9.93. The van der Waals surface area contributed by atoms with Crippen molar-refractivity contribution in [2.75, 3.05) is 0 Å². The molecule has 27 heavy (non-hydrogen) atoms. The van der Waals surface area contributed by atoms with Gasteiger partial charge in [0, 0.05) is 28.9 Å². The van der Waals surface area contributed by atoms with E-state index in [2.05, 4.69) is 38.4 Å². The molecule has 2 aromatic carbocycles. The summed E-state index contributed by atoms with van der Waals surface area (Å²) in [7, 11) is 0. The Morgan fingerprint density at radius 3 is 2.59 bits per heavy atom. The molecule has 0 aliphatic heterocycles. The van der Waals surface area contributed by atoms with Crippen LogP contribution in [0.5, 0.6) is 0 Å². The number of aromatic nitrogens is 1. The minimum atomic E-state index is 0.0257. The molecule has 0 aliphatic rings. The SMILES string of the molecule is CC(CCc1ccc(Br)cc1)NC(=O)CCc1ncc(-c2ccccc2)o1. The van der Waals surface area contributed by atoms with Gasteiger partial charge >= 0.3 is 0 Å². The molecule has 1 atom stereocenters. The zero-order chi connectivity index (χ0) is 19.1. The fraction of sp³-hybridized carbons (Fsp3) is 0.273. The summed E-state index contributed by atoms with van der Waals surface area (Å²) in [5.74, 6) is 1.35. The minimum Gasteiger partial charge on any atom is -0.441 e. The quantitative estimate of drug-likeness (QED) is 0.540. The first kappa shape index (κ1) is 19.4. The summed E-state index contributed by atoms with van der Waals surface area (Å²) in [6.45, 7) is 2.04. The fourth-order valence-electron chi connectivity index (χ4n) is 2.84. The van der Waals surface area contributed by atoms with E-state index in [0.717, 1.165) is 28.6 Å². The molecular weight excluding hydrogens is 404 g/mol. The molecule has 0 bridgehead atoms. The molecule has 3 rings (SSSR count). The molecule has 1 N–H and O–H groups in total. The molecule has 1 aromatic heterocycles. The normalized spacial score (nSPS) is 11.9. The van der Waals surface area contributed by atoms with Crippen LogP contribution in [0.3, 0.4) is 0 Å². The summed E-state index contributed by atoms with van der Waals surface area (Å²) >= 11 is 3.44. The maximum atomic E-state index is 12.2. The third kappa shape index (κ3) is 6.07. The van der Waals surface area contributed by atoms with Crippen molar-refractivity contribution in [2.24, 2.45) is 0 Å². The number of rotatable bonds is 8. The van der Waals surface area contributed by atoms with E-state index in [-0.39, 0.29) is 11.9 Å². The summed E-state index contributed by atoms with van der Waals surface area (Å²) in [5, 5.41) is 3.05. The van der Waals surface area contributed by atoms with Crippen LogP contribution in [0.15, 0.2) is 69.7 Å². The molecule has 140 valence electrons. The lowest BCUT2D eigenvalue weighted by Crippen LogP contribution is -2.33. The number of amides is 1. The van der Waals surface area contributed by atoms with Gasteiger partial charge in [0.1, 0.15) is 0 Å². The van der Waals surface area contributed by atoms with Gasteiger partial charge in [0.15, 0.2) is 11.7 Å². The molecule has 0 saturated carbocycles. The maximum absolute atomic E-state index is 12.2. The Labute approximate surface area is 168 Å². The Morgan fingerprint density at radius 2 is 1.85 bits per heavy atom. The predicted molar refractivity (Wildman–Crippen MR) is 110 cm³/mol. The molecule has 1 amide bonds. The highest BCUT2D eigenvalue weighted by molar-refractivity contribution is 9.10. The van der Waals surface area contributed by atoms with Gasteiger partial charge in [-0.2, -0.15) is 0 Å². The van der Waals surface area contributed by atoms with Gasteiger partial charge in [-0.15, -0.1) is 0 Å². The van der Waals surface area contributed by atoms with Crippen molar-refractivity contribution in [2.45, 2.75) is 38.6 Å². The number of halogens is 1. The monoisotopic (exact) mass is 426 g/mol. The van der Waals surface area contributed by atoms with Gasteiger partial charge in [0.05, 0.1) is 6.20 Å². The number of hydrogen-bond donors (Lipinski definition) is 1. The summed E-state index contributed by atoms with van der Waals surface area (Å²) in [4.78, 5) is 16.4. The zero-order valence-corrected chi connectivity index (χ0v) is 16.9. The number of carbonyl (C=O) groups is 1. The molecule has 0 saturated heterocycles. The second-order valence-corrected chi connectivity index (χ2v) is 7.53. The Bertz CT molecular complexity index is 860. The van der Waals surface area contributed by atoms with Crippen molar-refractivity contribution in [3.63, 3.8) is 0 Å². The lowest BCUT2D eigenvalue weighted by atomic mass is 10.1. The van der Waals surface area contributed by atoms with E-state index < -0.39 is 0 Å². The molecule has 5 heteroatoms. The molecule has 4 nitrogen and oxygen atoms in total. The molecule has 0 radical (unpaired) electrons. The van der Waals surface area contributed by atoms with E-state index in [9.17, 15) is 4.79 Å². The molecule has 1 unspecified atom stereocenters. The van der Waals surface area contributed by atoms with Gasteiger partial charge in [-0.3, -0.25) is 4.79 Å². The standard InChI is InChI=1S/C22H23BrN2O2/c1-16(7-8-17-9-11-19(23)12-10-17)25-21(26)13-14-22-24-15-20(27-22)18-5-3-2-4-6-18/h2-6,9-12,15-16H,7-8,13-14H2,1H3,(H,25,26). The lowest BCUT2D eigenvalue weighted by molar-refractivity contribution is -0.121. The largest absolute Gasteiger partial charge is 0.441 e. The van der Waals surface area contributed by atoms with Crippen LogP contribution in [-0.4, -0.2) is 16.9 Å². The lowest BCUT2D eigenvalue weighted by Gasteiger charge is -2.13. The first-order valence-electron chi connectivity index (χ1n) is 9.14. The number of nitrogens with zero attached hydrogens (tertiary/aromatic N) is 1. The maximum Gasteiger partial charge on any atom is 0.220 e. The van der Waals surface area contributed by atoms with Crippen LogP contribution in [0.1, 0.15) is 31.2 Å². The summed E-state index contributed by atoms with van der Waals surface area (Å²) < 4.78 is 6.82. The van der Waals surface area contributed by atoms with Crippen LogP contribution in [0.4, 0.5) is 0 Å². The van der Waals surface area contributed by atoms with Crippen molar-refractivity contribution in [3.8, 4) is 11.3 Å². The van der Waals surface area contributed by atoms with Crippen LogP contribution in [0.25, 0.3) is 11.3 Å². The van der Waals surface area contributed by atoms with Gasteiger partial charge in [-0.1, -0.05) is 58.4 Å². The van der Waals surface area contributed by atoms with E-state index in [1.807, 2.05) is 49.4 Å². The number of nitrogens with one attached hydrogen (secondary N) is 1. The molecule has 0 fully saturated rings. The molecule has 0 spiro atoms. The van der Waals surface area contributed by atoms with Crippen molar-refractivity contribution in [3.05, 3.63) is 76.7 Å². The molecule has 0 aliphatic carbocycles. The van der Waals surface area contributed by atoms with Crippen LogP contribution in [0.2, 0.25) is 0 Å². The Balaban J connectivity index is 1.41. The third-order valence-corrected chi connectivity index (χ3v) is 4.89. The zero-order valence-electron chi connectivity index (χ0n) is 15.3. The van der Waals surface area contributed by atoms with E-state index >= 15 is 0 Å². The van der Waals surface area contributed by atoms with Crippen molar-refractivity contribution >= 4 is 21.8 Å². The summed E-state index contributed by atoms with van der Waals surface area (Å²) in [6.07, 6.45) is 4.43. The van der Waals surface area contributed by atoms with E-state index in [4.69, 9.17) is 4.42 Å². The van der Waals surface area contributed by atoms with E-state index in [0.29, 0.717) is 18.7 Å². The molecular formula is C22H23BrN2O2. The average molecular weight is 427 g/mol. The average Bonchev–Trinajstić information content (AvgIpc) is 3.16. The van der Waals surface area contributed by atoms with Gasteiger partial charge in [-0.25, -0.2) is 4.98 Å². The van der Waals surface area contributed by atoms with Crippen molar-refractivity contribution in [1.82, 2.24) is 10.3 Å². The number of hydrogen-bond acceptors (Lipinski definition) is 3. The Kier molecular flexibility index (Phi) is 6.82. The van der Waals surface area contributed by atoms with Gasteiger partial charge in [0.25, 0.3) is 0 Å². The summed E-state index contributed by atoms with van der Waals surface area (Å²) in [6, 6.07) is 18.2. The predicted octanol–water partition coefficient (Wildman–Crippen LogP) is 5.17.